The molecule has 4 rings (SSSR count). The van der Waals surface area contributed by atoms with E-state index < -0.39 is 11.8 Å². The fourth-order valence-electron chi connectivity index (χ4n) is 2.73. The highest BCUT2D eigenvalue weighted by Crippen LogP contribution is 2.68. The third kappa shape index (κ3) is 4.80. The zero-order valence-corrected chi connectivity index (χ0v) is 21.1. The Bertz CT molecular complexity index is 1200. The van der Waals surface area contributed by atoms with Crippen molar-refractivity contribution in [3.05, 3.63) is 79.8 Å². The molecular formula is C19H17N6O2PS4. The number of para-hydroxylation sites is 1. The van der Waals surface area contributed by atoms with Gasteiger partial charge in [0, 0.05) is 20.2 Å². The number of thiophene rings is 2. The number of hydrogen-bond acceptors (Lipinski definition) is 10. The van der Waals surface area contributed by atoms with Crippen molar-refractivity contribution >= 4 is 80.7 Å². The van der Waals surface area contributed by atoms with Crippen LogP contribution in [-0.2, 0) is 12.2 Å². The number of amidine groups is 1. The lowest BCUT2D eigenvalue weighted by Crippen LogP contribution is -2.37. The molecule has 0 amide bonds. The van der Waals surface area contributed by atoms with Crippen molar-refractivity contribution in [3.8, 4) is 0 Å². The van der Waals surface area contributed by atoms with Gasteiger partial charge in [-0.05, 0) is 41.4 Å². The van der Waals surface area contributed by atoms with Crippen LogP contribution in [0.15, 0.2) is 74.9 Å². The number of rotatable bonds is 6. The maximum absolute atomic E-state index is 10.9. The minimum atomic E-state index is -2.61. The van der Waals surface area contributed by atoms with E-state index in [1.165, 1.54) is 24.0 Å². The predicted molar refractivity (Wildman–Crippen MR) is 141 cm³/mol. The molecule has 8 nitrogen and oxygen atoms in total. The van der Waals surface area contributed by atoms with E-state index in [2.05, 4.69) is 10.2 Å². The van der Waals surface area contributed by atoms with E-state index in [1.807, 2.05) is 71.3 Å². The highest BCUT2D eigenvalue weighted by molar-refractivity contribution is 8.44. The molecule has 1 aromatic carbocycles. The van der Waals surface area contributed by atoms with E-state index in [-0.39, 0.29) is 5.00 Å². The van der Waals surface area contributed by atoms with Crippen LogP contribution in [0.5, 0.6) is 0 Å². The Labute approximate surface area is 203 Å². The Kier molecular flexibility index (Phi) is 7.08. The highest BCUT2D eigenvalue weighted by Gasteiger charge is 2.45. The molecule has 0 saturated heterocycles. The van der Waals surface area contributed by atoms with Crippen LogP contribution in [-0.4, -0.2) is 40.1 Å². The summed E-state index contributed by atoms with van der Waals surface area (Å²) in [4.78, 5) is 12.2. The summed E-state index contributed by atoms with van der Waals surface area (Å²) in [7, 11) is 3.85. The van der Waals surface area contributed by atoms with Crippen LogP contribution in [0.3, 0.4) is 0 Å². The van der Waals surface area contributed by atoms with Crippen LogP contribution in [0.2, 0.25) is 0 Å². The third-order valence-corrected chi connectivity index (χ3v) is 11.6. The van der Waals surface area contributed by atoms with Gasteiger partial charge < -0.3 is 12.2 Å². The van der Waals surface area contributed by atoms with Gasteiger partial charge in [-0.15, -0.1) is 16.4 Å². The number of hydrogen-bond donors (Lipinski definition) is 0. The summed E-state index contributed by atoms with van der Waals surface area (Å²) in [6, 6.07) is 16.9. The van der Waals surface area contributed by atoms with Crippen molar-refractivity contribution in [3.63, 3.8) is 0 Å². The van der Waals surface area contributed by atoms with Gasteiger partial charge in [0.2, 0.25) is 5.17 Å². The van der Waals surface area contributed by atoms with Gasteiger partial charge in [-0.1, -0.05) is 40.4 Å². The largest absolute Gasteiger partial charge is 0.485 e. The second-order valence-electron chi connectivity index (χ2n) is 6.55. The van der Waals surface area contributed by atoms with E-state index in [9.17, 15) is 10.1 Å². The van der Waals surface area contributed by atoms with Gasteiger partial charge in [-0.3, -0.25) is 10.1 Å². The lowest BCUT2D eigenvalue weighted by atomic mass is 10.3. The van der Waals surface area contributed by atoms with E-state index in [0.29, 0.717) is 10.0 Å². The summed E-state index contributed by atoms with van der Waals surface area (Å²) in [5.74, 6) is 0. The molecular weight excluding hydrogens is 503 g/mol. The Hall–Kier alpha value is -2.08. The topological polar surface area (TPSA) is 86.7 Å². The zero-order chi connectivity index (χ0) is 22.7. The molecule has 164 valence electrons. The second-order valence-corrected chi connectivity index (χ2v) is 13.4. The molecule has 32 heavy (non-hydrogen) atoms. The van der Waals surface area contributed by atoms with Crippen molar-refractivity contribution < 1.29 is 4.92 Å². The maximum Gasteiger partial charge on any atom is 0.324 e. The minimum Gasteiger partial charge on any atom is -0.485 e. The molecule has 0 fully saturated rings. The first kappa shape index (κ1) is 23.1. The van der Waals surface area contributed by atoms with E-state index in [1.54, 1.807) is 17.4 Å². The van der Waals surface area contributed by atoms with Crippen LogP contribution < -0.4 is 4.67 Å². The van der Waals surface area contributed by atoms with Crippen molar-refractivity contribution in [2.75, 3.05) is 18.8 Å². The monoisotopic (exact) mass is 520 g/mol. The van der Waals surface area contributed by atoms with Crippen LogP contribution >= 0.6 is 41.4 Å². The summed E-state index contributed by atoms with van der Waals surface area (Å²) in [6.45, 7) is -2.61. The van der Waals surface area contributed by atoms with Gasteiger partial charge in [-0.25, -0.2) is 0 Å². The summed E-state index contributed by atoms with van der Waals surface area (Å²) in [5.41, 5.74) is 0.881. The van der Waals surface area contributed by atoms with Crippen LogP contribution in [0.25, 0.3) is 0 Å². The number of thioether (sulfide) groups is 1. The zero-order valence-electron chi connectivity index (χ0n) is 16.9. The number of anilines is 1. The van der Waals surface area contributed by atoms with E-state index >= 15 is 0 Å². The first-order chi connectivity index (χ1) is 15.4. The van der Waals surface area contributed by atoms with Crippen LogP contribution in [0, 0.1) is 10.1 Å². The quantitative estimate of drug-likeness (QED) is 0.132. The van der Waals surface area contributed by atoms with Crippen molar-refractivity contribution in [2.45, 2.75) is 0 Å². The van der Waals surface area contributed by atoms with Gasteiger partial charge in [0.05, 0.1) is 26.6 Å². The molecule has 13 heteroatoms. The van der Waals surface area contributed by atoms with Gasteiger partial charge in [0.1, 0.15) is 0 Å². The molecule has 1 aliphatic heterocycles. The van der Waals surface area contributed by atoms with Gasteiger partial charge in [0.25, 0.3) is 0 Å². The SMILES string of the molecule is CN(C)[P+]1([S-])N=C(c2cccs2)S/C(=N\N=C\c2ccc([N+](=O)[O-])s2)N1c1ccccc1. The second kappa shape index (κ2) is 9.82. The normalized spacial score (nSPS) is 20.3. The smallest absolute Gasteiger partial charge is 0.324 e. The first-order valence-corrected chi connectivity index (χ1v) is 14.4. The summed E-state index contributed by atoms with van der Waals surface area (Å²) < 4.78 is 8.95. The molecule has 3 aromatic rings. The molecule has 0 radical (unpaired) electrons. The highest BCUT2D eigenvalue weighted by atomic mass is 32.7. The Morgan fingerprint density at radius 2 is 1.97 bits per heavy atom. The molecule has 0 saturated carbocycles. The van der Waals surface area contributed by atoms with E-state index in [0.717, 1.165) is 26.9 Å². The Morgan fingerprint density at radius 3 is 2.59 bits per heavy atom. The van der Waals surface area contributed by atoms with Crippen molar-refractivity contribution in [2.24, 2.45) is 15.0 Å². The number of nitrogens with zero attached hydrogens (tertiary/aromatic N) is 6. The predicted octanol–water partition coefficient (Wildman–Crippen LogP) is 5.89. The average Bonchev–Trinajstić information content (AvgIpc) is 3.46. The van der Waals surface area contributed by atoms with Crippen LogP contribution in [0.1, 0.15) is 9.75 Å². The third-order valence-electron chi connectivity index (χ3n) is 4.23. The lowest BCUT2D eigenvalue weighted by Gasteiger charge is -2.43. The summed E-state index contributed by atoms with van der Waals surface area (Å²) in [6.07, 6.45) is 1.52. The van der Waals surface area contributed by atoms with Gasteiger partial charge in [-0.2, -0.15) is 14.4 Å². The Balaban J connectivity index is 1.78. The molecule has 0 bridgehead atoms. The van der Waals surface area contributed by atoms with E-state index in [4.69, 9.17) is 17.0 Å². The minimum absolute atomic E-state index is 0.0623. The van der Waals surface area contributed by atoms with Crippen molar-refractivity contribution in [1.29, 1.82) is 0 Å². The van der Waals surface area contributed by atoms with Crippen LogP contribution in [0.4, 0.5) is 10.7 Å². The molecule has 0 aliphatic carbocycles. The molecule has 1 aliphatic rings. The summed E-state index contributed by atoms with van der Waals surface area (Å²) in [5, 5.41) is 23.1. The summed E-state index contributed by atoms with van der Waals surface area (Å²) >= 11 is 10.2. The molecule has 2 aromatic heterocycles. The maximum atomic E-state index is 10.9. The fourth-order valence-corrected chi connectivity index (χ4v) is 8.69. The Morgan fingerprint density at radius 1 is 1.19 bits per heavy atom. The van der Waals surface area contributed by atoms with Crippen molar-refractivity contribution in [1.82, 2.24) is 4.67 Å². The molecule has 0 spiro atoms. The standard InChI is InChI=1S/C19H17N6O2PS4/c1-23(2)28(29)22-18(16-9-6-12-30-16)32-19(24(28)14-7-4-3-5-8-14)21-20-13-15-10-11-17(31-15)25(26)27/h3-13H,1-2H3/b20-13+,21-19-. The van der Waals surface area contributed by atoms with Gasteiger partial charge >= 0.3 is 5.00 Å². The average molecular weight is 521 g/mol. The lowest BCUT2D eigenvalue weighted by molar-refractivity contribution is -0.380. The molecule has 1 atom stereocenters. The molecule has 1 unspecified atom stereocenters. The molecule has 0 N–H and O–H groups in total. The number of nitro groups is 1. The fraction of sp³-hybridized carbons (Fsp3) is 0.105. The first-order valence-electron chi connectivity index (χ1n) is 9.19. The number of benzene rings is 1. The van der Waals surface area contributed by atoms with Gasteiger partial charge in [0.15, 0.2) is 12.0 Å². The molecule has 3 heterocycles.